The largest absolute Gasteiger partial charge is 0.508 e. The highest BCUT2D eigenvalue weighted by Crippen LogP contribution is 2.38. The number of benzene rings is 2. The van der Waals surface area contributed by atoms with Gasteiger partial charge >= 0.3 is 0 Å². The Labute approximate surface area is 193 Å². The van der Waals surface area contributed by atoms with Gasteiger partial charge in [-0.1, -0.05) is 75.6 Å². The average Bonchev–Trinajstić information content (AvgIpc) is 3.39. The monoisotopic (exact) mass is 437 g/mol. The molecule has 2 unspecified atom stereocenters. The molecular weight excluding hydrogens is 398 g/mol. The van der Waals surface area contributed by atoms with E-state index in [1.807, 2.05) is 57.2 Å². The second-order valence-electron chi connectivity index (χ2n) is 7.81. The maximum absolute atomic E-state index is 12.5. The van der Waals surface area contributed by atoms with Crippen molar-refractivity contribution < 1.29 is 15.0 Å². The number of hydrogen-bond donors (Lipinski definition) is 2. The normalized spacial score (nSPS) is 21.8. The molecule has 2 fully saturated rings. The van der Waals surface area contributed by atoms with E-state index in [-0.39, 0.29) is 23.7 Å². The molecule has 1 heterocycles. The number of ketones is 1. The summed E-state index contributed by atoms with van der Waals surface area (Å²) in [7, 11) is 0. The highest BCUT2D eigenvalue weighted by molar-refractivity contribution is 5.99. The molecule has 174 valence electrons. The van der Waals surface area contributed by atoms with E-state index in [4.69, 9.17) is 0 Å². The number of fused-ring (bicyclic) bond motifs is 1. The highest BCUT2D eigenvalue weighted by atomic mass is 16.3. The van der Waals surface area contributed by atoms with E-state index in [2.05, 4.69) is 18.1 Å². The molecule has 2 aromatic rings. The van der Waals surface area contributed by atoms with Crippen molar-refractivity contribution in [1.29, 1.82) is 0 Å². The number of rotatable bonds is 4. The zero-order chi connectivity index (χ0) is 23.9. The first-order valence-corrected chi connectivity index (χ1v) is 11.4. The van der Waals surface area contributed by atoms with Crippen molar-refractivity contribution in [3.63, 3.8) is 0 Å². The maximum atomic E-state index is 12.5. The Morgan fingerprint density at radius 3 is 1.72 bits per heavy atom. The minimum absolute atomic E-state index is 0.102. The van der Waals surface area contributed by atoms with Crippen LogP contribution in [0.5, 0.6) is 5.75 Å². The van der Waals surface area contributed by atoms with Gasteiger partial charge in [0.05, 0.1) is 12.1 Å². The maximum Gasteiger partial charge on any atom is 0.179 e. The number of carbonyl (C=O) groups is 1. The SMILES string of the molecule is C=CC=C.CC.CC(C(=O)c1ccc(O)cc1)N1C[C@H]2CC(O)C[C@H]2C1.c1ccccc1. The molecule has 2 aliphatic rings. The number of aliphatic hydroxyl groups is 1. The van der Waals surface area contributed by atoms with Crippen molar-refractivity contribution in [2.45, 2.75) is 45.8 Å². The first-order valence-electron chi connectivity index (χ1n) is 11.4. The lowest BCUT2D eigenvalue weighted by Gasteiger charge is -2.24. The Hall–Kier alpha value is -2.69. The zero-order valence-corrected chi connectivity index (χ0v) is 19.7. The summed E-state index contributed by atoms with van der Waals surface area (Å²) in [5.74, 6) is 1.37. The summed E-state index contributed by atoms with van der Waals surface area (Å²) in [4.78, 5) is 14.7. The summed E-state index contributed by atoms with van der Waals surface area (Å²) in [6.45, 7) is 14.5. The van der Waals surface area contributed by atoms with Crippen LogP contribution in [0.25, 0.3) is 0 Å². The first-order chi connectivity index (χ1) is 15.5. The molecule has 4 nitrogen and oxygen atoms in total. The quantitative estimate of drug-likeness (QED) is 0.473. The predicted molar refractivity (Wildman–Crippen MR) is 134 cm³/mol. The van der Waals surface area contributed by atoms with Crippen LogP contribution >= 0.6 is 0 Å². The van der Waals surface area contributed by atoms with Crippen molar-refractivity contribution >= 4 is 5.78 Å². The molecule has 0 spiro atoms. The lowest BCUT2D eigenvalue weighted by atomic mass is 10.0. The number of phenols is 1. The van der Waals surface area contributed by atoms with E-state index >= 15 is 0 Å². The number of aromatic hydroxyl groups is 1. The van der Waals surface area contributed by atoms with E-state index in [9.17, 15) is 15.0 Å². The summed E-state index contributed by atoms with van der Waals surface area (Å²) >= 11 is 0. The van der Waals surface area contributed by atoms with Gasteiger partial charge in [0.25, 0.3) is 0 Å². The van der Waals surface area contributed by atoms with Crippen LogP contribution in [0.1, 0.15) is 44.0 Å². The van der Waals surface area contributed by atoms with Gasteiger partial charge in [0.1, 0.15) is 5.75 Å². The van der Waals surface area contributed by atoms with Gasteiger partial charge in [-0.3, -0.25) is 9.69 Å². The summed E-state index contributed by atoms with van der Waals surface area (Å²) in [6, 6.07) is 18.3. The molecule has 2 aromatic carbocycles. The molecule has 0 radical (unpaired) electrons. The Bertz CT molecular complexity index is 741. The fourth-order valence-electron chi connectivity index (χ4n) is 4.04. The number of allylic oxidation sites excluding steroid dienone is 2. The number of phenolic OH excluding ortho intramolecular Hbond substituents is 1. The summed E-state index contributed by atoms with van der Waals surface area (Å²) < 4.78 is 0. The molecule has 1 aliphatic heterocycles. The van der Waals surface area contributed by atoms with Crippen molar-refractivity contribution in [3.8, 4) is 5.75 Å². The molecule has 1 aliphatic carbocycles. The van der Waals surface area contributed by atoms with E-state index in [0.29, 0.717) is 17.4 Å². The number of Topliss-reactive ketones (excluding diaryl/α,β-unsaturated/α-hetero) is 1. The Kier molecular flexibility index (Phi) is 13.0. The minimum atomic E-state index is -0.143. The van der Waals surface area contributed by atoms with Gasteiger partial charge in [0.15, 0.2) is 5.78 Å². The topological polar surface area (TPSA) is 60.8 Å². The number of aliphatic hydroxyl groups excluding tert-OH is 1. The van der Waals surface area contributed by atoms with Gasteiger partial charge in [0.2, 0.25) is 0 Å². The van der Waals surface area contributed by atoms with Crippen LogP contribution in [0.2, 0.25) is 0 Å². The van der Waals surface area contributed by atoms with Crippen molar-refractivity contribution in [1.82, 2.24) is 4.90 Å². The summed E-state index contributed by atoms with van der Waals surface area (Å²) in [5.41, 5.74) is 0.646. The number of nitrogens with zero attached hydrogens (tertiary/aromatic N) is 1. The van der Waals surface area contributed by atoms with Crippen LogP contribution in [0.4, 0.5) is 0 Å². The van der Waals surface area contributed by atoms with E-state index in [1.165, 1.54) is 0 Å². The Balaban J connectivity index is 0.000000353. The predicted octanol–water partition coefficient (Wildman–Crippen LogP) is 5.74. The lowest BCUT2D eigenvalue weighted by molar-refractivity contribution is 0.0847. The van der Waals surface area contributed by atoms with Crippen molar-refractivity contribution in [2.24, 2.45) is 11.8 Å². The van der Waals surface area contributed by atoms with E-state index < -0.39 is 0 Å². The van der Waals surface area contributed by atoms with Crippen LogP contribution < -0.4 is 0 Å². The van der Waals surface area contributed by atoms with Crippen LogP contribution in [0, 0.1) is 11.8 Å². The van der Waals surface area contributed by atoms with Gasteiger partial charge in [-0.05, 0) is 55.9 Å². The van der Waals surface area contributed by atoms with Crippen LogP contribution in [-0.2, 0) is 0 Å². The summed E-state index contributed by atoms with van der Waals surface area (Å²) in [6.07, 6.45) is 4.89. The first kappa shape index (κ1) is 27.3. The molecule has 4 rings (SSSR count). The highest BCUT2D eigenvalue weighted by Gasteiger charge is 2.42. The molecular formula is C28H39NO3. The molecule has 0 bridgehead atoms. The van der Waals surface area contributed by atoms with Gasteiger partial charge in [-0.15, -0.1) is 0 Å². The number of carbonyl (C=O) groups excluding carboxylic acids is 1. The van der Waals surface area contributed by atoms with Crippen molar-refractivity contribution in [3.05, 3.63) is 91.5 Å². The van der Waals surface area contributed by atoms with Crippen LogP contribution in [-0.4, -0.2) is 46.1 Å². The zero-order valence-electron chi connectivity index (χ0n) is 19.7. The molecule has 0 amide bonds. The van der Waals surface area contributed by atoms with Crippen LogP contribution in [0.15, 0.2) is 86.0 Å². The second-order valence-corrected chi connectivity index (χ2v) is 7.81. The molecule has 1 saturated carbocycles. The fourth-order valence-corrected chi connectivity index (χ4v) is 4.04. The smallest absolute Gasteiger partial charge is 0.179 e. The third kappa shape index (κ3) is 8.81. The molecule has 1 saturated heterocycles. The van der Waals surface area contributed by atoms with Gasteiger partial charge in [-0.2, -0.15) is 0 Å². The lowest BCUT2D eigenvalue weighted by Crippen LogP contribution is -2.38. The molecule has 32 heavy (non-hydrogen) atoms. The molecule has 2 N–H and O–H groups in total. The third-order valence-electron chi connectivity index (χ3n) is 5.67. The minimum Gasteiger partial charge on any atom is -0.508 e. The average molecular weight is 438 g/mol. The standard InChI is InChI=1S/C16H21NO3.C6H6.C4H6.C2H6/c1-10(16(20)11-2-4-14(18)5-3-11)17-8-12-6-15(19)7-13(12)9-17;1-2-4-6-5-3-1;1-3-4-2;1-2/h2-5,10,12-13,15,18-19H,6-9H2,1H3;1-6H;3-4H,1-2H2;1-2H3/t10?,12-,13+,15?;;;. The number of hydrogen-bond acceptors (Lipinski definition) is 4. The fraction of sp³-hybridized carbons (Fsp3) is 0.393. The van der Waals surface area contributed by atoms with Crippen LogP contribution in [0.3, 0.4) is 0 Å². The molecule has 0 aromatic heterocycles. The van der Waals surface area contributed by atoms with Gasteiger partial charge < -0.3 is 10.2 Å². The van der Waals surface area contributed by atoms with Gasteiger partial charge in [0, 0.05) is 18.7 Å². The number of likely N-dealkylation sites (tertiary alicyclic amines) is 1. The Morgan fingerprint density at radius 1 is 0.938 bits per heavy atom. The second kappa shape index (κ2) is 15.2. The molecule has 4 atom stereocenters. The van der Waals surface area contributed by atoms with Gasteiger partial charge in [-0.25, -0.2) is 0 Å². The van der Waals surface area contributed by atoms with Crippen molar-refractivity contribution in [2.75, 3.05) is 13.1 Å². The van der Waals surface area contributed by atoms with E-state index in [0.717, 1.165) is 25.9 Å². The third-order valence-corrected chi connectivity index (χ3v) is 5.67. The summed E-state index contributed by atoms with van der Waals surface area (Å²) in [5, 5.41) is 18.9. The molecule has 4 heteroatoms. The van der Waals surface area contributed by atoms with E-state index in [1.54, 1.807) is 36.4 Å². The Morgan fingerprint density at radius 2 is 1.34 bits per heavy atom.